The molecular formula is C33H42ClN3O8. The van der Waals surface area contributed by atoms with Crippen molar-refractivity contribution in [3.05, 3.63) is 88.4 Å². The highest BCUT2D eigenvalue weighted by atomic mass is 35.5. The number of ether oxygens (including phenoxy) is 2. The van der Waals surface area contributed by atoms with Gasteiger partial charge in [-0.3, -0.25) is 0 Å². The number of unbranched alkanes of at least 4 members (excludes halogenated alkanes) is 3. The lowest BCUT2D eigenvalue weighted by atomic mass is 10.1. The van der Waals surface area contributed by atoms with Crippen LogP contribution in [-0.2, 0) is 32.3 Å². The van der Waals surface area contributed by atoms with Gasteiger partial charge in [0.15, 0.2) is 0 Å². The van der Waals surface area contributed by atoms with Crippen LogP contribution in [0.25, 0.3) is 0 Å². The van der Waals surface area contributed by atoms with Crippen molar-refractivity contribution in [3.63, 3.8) is 0 Å². The molecule has 3 aromatic carbocycles. The SMILES string of the molecule is CC(=O)ON(C(=O)Nc1cccc(COCCOCCCCCCNC[C@H](O)c2ccc(O)c(CO)c2)c1)c1cccc(Cl)c1. The van der Waals surface area contributed by atoms with E-state index in [1.807, 2.05) is 6.07 Å². The Morgan fingerprint density at radius 2 is 1.71 bits per heavy atom. The first kappa shape index (κ1) is 35.8. The van der Waals surface area contributed by atoms with E-state index in [9.17, 15) is 24.9 Å². The van der Waals surface area contributed by atoms with Crippen LogP contribution in [0.15, 0.2) is 66.7 Å². The number of nitrogens with one attached hydrogen (secondary N) is 2. The summed E-state index contributed by atoms with van der Waals surface area (Å²) < 4.78 is 11.4. The molecule has 0 aromatic heterocycles. The number of nitrogens with zero attached hydrogens (tertiary/aromatic N) is 1. The van der Waals surface area contributed by atoms with Gasteiger partial charge in [-0.05, 0) is 73.0 Å². The number of aliphatic hydroxyl groups excluding tert-OH is 2. The highest BCUT2D eigenvalue weighted by Crippen LogP contribution is 2.23. The van der Waals surface area contributed by atoms with Crippen molar-refractivity contribution in [2.24, 2.45) is 0 Å². The molecule has 0 radical (unpaired) electrons. The molecule has 5 N–H and O–H groups in total. The minimum Gasteiger partial charge on any atom is -0.508 e. The Bertz CT molecular complexity index is 1360. The van der Waals surface area contributed by atoms with Crippen LogP contribution in [0.3, 0.4) is 0 Å². The van der Waals surface area contributed by atoms with Crippen molar-refractivity contribution in [1.29, 1.82) is 0 Å². The van der Waals surface area contributed by atoms with E-state index >= 15 is 0 Å². The summed E-state index contributed by atoms with van der Waals surface area (Å²) in [5.41, 5.74) is 2.73. The second-order valence-electron chi connectivity index (χ2n) is 10.3. The molecule has 0 saturated carbocycles. The van der Waals surface area contributed by atoms with Gasteiger partial charge in [-0.2, -0.15) is 0 Å². The molecule has 11 nitrogen and oxygen atoms in total. The maximum Gasteiger partial charge on any atom is 0.359 e. The topological polar surface area (TPSA) is 150 Å². The third-order valence-corrected chi connectivity index (χ3v) is 6.89. The van der Waals surface area contributed by atoms with E-state index < -0.39 is 18.1 Å². The summed E-state index contributed by atoms with van der Waals surface area (Å²) in [5, 5.41) is 36.4. The molecule has 0 aliphatic heterocycles. The van der Waals surface area contributed by atoms with Crippen LogP contribution in [0.5, 0.6) is 5.75 Å². The van der Waals surface area contributed by atoms with E-state index in [4.69, 9.17) is 25.9 Å². The van der Waals surface area contributed by atoms with Crippen molar-refractivity contribution in [1.82, 2.24) is 5.32 Å². The number of urea groups is 1. The molecule has 0 fully saturated rings. The van der Waals surface area contributed by atoms with Gasteiger partial charge in [-0.1, -0.05) is 48.7 Å². The maximum atomic E-state index is 12.9. The van der Waals surface area contributed by atoms with E-state index in [-0.39, 0.29) is 12.4 Å². The van der Waals surface area contributed by atoms with Crippen LogP contribution in [0.2, 0.25) is 5.02 Å². The van der Waals surface area contributed by atoms with Crippen molar-refractivity contribution >= 4 is 35.0 Å². The van der Waals surface area contributed by atoms with Crippen LogP contribution in [-0.4, -0.2) is 60.2 Å². The number of hydroxylamine groups is 1. The van der Waals surface area contributed by atoms with E-state index in [0.29, 0.717) is 60.5 Å². The number of halogens is 1. The zero-order valence-corrected chi connectivity index (χ0v) is 26.2. The Kier molecular flexibility index (Phi) is 15.6. The van der Waals surface area contributed by atoms with Gasteiger partial charge in [0.2, 0.25) is 0 Å². The molecule has 0 spiro atoms. The lowest BCUT2D eigenvalue weighted by Crippen LogP contribution is -2.36. The maximum absolute atomic E-state index is 12.9. The molecule has 45 heavy (non-hydrogen) atoms. The Labute approximate surface area is 268 Å². The zero-order valence-electron chi connectivity index (χ0n) is 25.4. The second kappa shape index (κ2) is 19.6. The smallest absolute Gasteiger partial charge is 0.359 e. The van der Waals surface area contributed by atoms with Crippen LogP contribution in [0.4, 0.5) is 16.2 Å². The van der Waals surface area contributed by atoms with Crippen LogP contribution < -0.4 is 15.7 Å². The number of hydrogen-bond acceptors (Lipinski definition) is 9. The molecule has 3 aromatic rings. The lowest BCUT2D eigenvalue weighted by Gasteiger charge is -2.21. The zero-order chi connectivity index (χ0) is 32.4. The Morgan fingerprint density at radius 3 is 2.49 bits per heavy atom. The summed E-state index contributed by atoms with van der Waals surface area (Å²) in [6.07, 6.45) is 3.30. The van der Waals surface area contributed by atoms with Crippen molar-refractivity contribution in [3.8, 4) is 5.75 Å². The van der Waals surface area contributed by atoms with Gasteiger partial charge in [-0.25, -0.2) is 9.59 Å². The number of carbonyl (C=O) groups is 2. The number of benzene rings is 3. The number of hydrogen-bond donors (Lipinski definition) is 5. The lowest BCUT2D eigenvalue weighted by molar-refractivity contribution is -0.141. The Hall–Kier alpha value is -3.71. The van der Waals surface area contributed by atoms with Gasteiger partial charge in [0.1, 0.15) is 5.75 Å². The molecule has 2 amide bonds. The van der Waals surface area contributed by atoms with E-state index in [1.54, 1.807) is 48.5 Å². The highest BCUT2D eigenvalue weighted by Gasteiger charge is 2.20. The molecule has 0 bridgehead atoms. The molecule has 0 aliphatic carbocycles. The largest absolute Gasteiger partial charge is 0.508 e. The Balaban J connectivity index is 1.24. The van der Waals surface area contributed by atoms with E-state index in [2.05, 4.69) is 10.6 Å². The normalized spacial score (nSPS) is 11.6. The first-order chi connectivity index (χ1) is 21.8. The predicted molar refractivity (Wildman–Crippen MR) is 172 cm³/mol. The second-order valence-corrected chi connectivity index (χ2v) is 10.8. The number of carbonyl (C=O) groups excluding carboxylic acids is 2. The van der Waals surface area contributed by atoms with Crippen molar-refractivity contribution in [2.45, 2.75) is 51.9 Å². The molecule has 3 rings (SSSR count). The first-order valence-electron chi connectivity index (χ1n) is 14.9. The fourth-order valence-corrected chi connectivity index (χ4v) is 4.55. The van der Waals surface area contributed by atoms with Gasteiger partial charge in [0, 0.05) is 36.3 Å². The van der Waals surface area contributed by atoms with Gasteiger partial charge in [0.25, 0.3) is 0 Å². The Morgan fingerprint density at radius 1 is 0.933 bits per heavy atom. The minimum absolute atomic E-state index is 0.0199. The summed E-state index contributed by atoms with van der Waals surface area (Å²) in [6.45, 7) is 4.01. The fourth-order valence-electron chi connectivity index (χ4n) is 4.37. The van der Waals surface area contributed by atoms with Gasteiger partial charge >= 0.3 is 12.0 Å². The quantitative estimate of drug-likeness (QED) is 0.0898. The number of rotatable bonds is 18. The van der Waals surface area contributed by atoms with E-state index in [0.717, 1.165) is 42.9 Å². The van der Waals surface area contributed by atoms with Crippen LogP contribution in [0.1, 0.15) is 55.4 Å². The molecule has 0 aliphatic rings. The number of phenols is 1. The number of aromatic hydroxyl groups is 1. The van der Waals surface area contributed by atoms with Crippen LogP contribution >= 0.6 is 11.6 Å². The number of anilines is 2. The van der Waals surface area contributed by atoms with Gasteiger partial charge in [0.05, 0.1) is 38.2 Å². The molecule has 0 heterocycles. The van der Waals surface area contributed by atoms with Gasteiger partial charge in [-0.15, -0.1) is 5.06 Å². The minimum atomic E-state index is -0.707. The highest BCUT2D eigenvalue weighted by molar-refractivity contribution is 6.30. The number of aliphatic hydroxyl groups is 2. The fraction of sp³-hybridized carbons (Fsp3) is 0.394. The molecule has 0 saturated heterocycles. The van der Waals surface area contributed by atoms with Crippen LogP contribution in [0, 0.1) is 0 Å². The average molecular weight is 644 g/mol. The first-order valence-corrected chi connectivity index (χ1v) is 15.3. The predicted octanol–water partition coefficient (Wildman–Crippen LogP) is 5.47. The standard InChI is InChI=1S/C33H42ClN3O8/c1-24(39)45-37(30-11-7-9-28(34)20-30)33(42)36-29-10-6-8-25(18-29)23-44-17-16-43-15-5-3-2-4-14-35-21-32(41)26-12-13-31(40)27(19-26)22-38/h6-13,18-20,32,35,38,40-41H,2-5,14-17,21-23H2,1H3,(H,36,42)/t32-/m0/s1. The molecule has 1 atom stereocenters. The molecule has 0 unspecified atom stereocenters. The summed E-state index contributed by atoms with van der Waals surface area (Å²) in [7, 11) is 0. The molecular weight excluding hydrogens is 602 g/mol. The van der Waals surface area contributed by atoms with E-state index in [1.165, 1.54) is 19.1 Å². The summed E-state index contributed by atoms with van der Waals surface area (Å²) >= 11 is 6.03. The van der Waals surface area contributed by atoms with Crippen molar-refractivity contribution < 1.29 is 39.2 Å². The average Bonchev–Trinajstić information content (AvgIpc) is 3.02. The monoisotopic (exact) mass is 643 g/mol. The third kappa shape index (κ3) is 13.0. The van der Waals surface area contributed by atoms with Gasteiger partial charge < -0.3 is 40.3 Å². The van der Waals surface area contributed by atoms with Crippen molar-refractivity contribution in [2.75, 3.05) is 43.3 Å². The summed E-state index contributed by atoms with van der Waals surface area (Å²) in [4.78, 5) is 29.5. The number of amides is 2. The third-order valence-electron chi connectivity index (χ3n) is 6.65. The molecule has 244 valence electrons. The molecule has 12 heteroatoms. The summed E-state index contributed by atoms with van der Waals surface area (Å²) in [6, 6.07) is 17.7. The summed E-state index contributed by atoms with van der Waals surface area (Å²) in [5.74, 6) is -0.631.